The molecule has 110 valence electrons. The van der Waals surface area contributed by atoms with Gasteiger partial charge >= 0.3 is 0 Å². The monoisotopic (exact) mass is 303 g/mol. The topological polar surface area (TPSA) is 65.5 Å². The fraction of sp³-hybridized carbons (Fsp3) is 0.333. The number of nitrogens with zero attached hydrogens (tertiary/aromatic N) is 2. The fourth-order valence-corrected chi connectivity index (χ4v) is 3.53. The molecule has 1 aliphatic heterocycles. The predicted octanol–water partition coefficient (Wildman–Crippen LogP) is 1.62. The van der Waals surface area contributed by atoms with Gasteiger partial charge in [0.15, 0.2) is 0 Å². The molecule has 0 saturated heterocycles. The number of fused-ring (bicyclic) bond motifs is 1. The molecule has 0 saturated carbocycles. The highest BCUT2D eigenvalue weighted by Crippen LogP contribution is 2.32. The van der Waals surface area contributed by atoms with E-state index in [4.69, 9.17) is 0 Å². The summed E-state index contributed by atoms with van der Waals surface area (Å²) >= 11 is 1.63. The zero-order valence-electron chi connectivity index (χ0n) is 11.8. The van der Waals surface area contributed by atoms with Gasteiger partial charge in [0.2, 0.25) is 5.91 Å². The Labute approximate surface area is 127 Å². The van der Waals surface area contributed by atoms with E-state index in [9.17, 15) is 9.90 Å². The second kappa shape index (κ2) is 5.83. The summed E-state index contributed by atoms with van der Waals surface area (Å²) in [5, 5.41) is 13.2. The highest BCUT2D eigenvalue weighted by Gasteiger charge is 2.23. The average molecular weight is 303 g/mol. The summed E-state index contributed by atoms with van der Waals surface area (Å²) in [6.07, 6.45) is 0.805. The summed E-state index contributed by atoms with van der Waals surface area (Å²) in [6.45, 7) is 1.75. The number of thiazole rings is 1. The normalized spacial score (nSPS) is 14.0. The fourth-order valence-electron chi connectivity index (χ4n) is 2.40. The zero-order valence-corrected chi connectivity index (χ0v) is 12.6. The minimum atomic E-state index is 0.128. The summed E-state index contributed by atoms with van der Waals surface area (Å²) in [4.78, 5) is 19.6. The third-order valence-electron chi connectivity index (χ3n) is 3.53. The first-order valence-electron chi connectivity index (χ1n) is 6.87. The number of nitrogens with one attached hydrogen (secondary N) is 1. The molecule has 0 radical (unpaired) electrons. The van der Waals surface area contributed by atoms with Crippen LogP contribution in [0.15, 0.2) is 24.3 Å². The van der Waals surface area contributed by atoms with E-state index in [1.165, 1.54) is 0 Å². The molecule has 6 heteroatoms. The number of carbonyl (C=O) groups is 1. The molecule has 2 aromatic rings. The highest BCUT2D eigenvalue weighted by molar-refractivity contribution is 7.15. The highest BCUT2D eigenvalue weighted by atomic mass is 32.1. The van der Waals surface area contributed by atoms with Gasteiger partial charge in [0.05, 0.1) is 18.8 Å². The van der Waals surface area contributed by atoms with Crippen molar-refractivity contribution < 1.29 is 9.90 Å². The van der Waals surface area contributed by atoms with E-state index in [0.717, 1.165) is 34.1 Å². The number of aromatic hydroxyl groups is 1. The Bertz CT molecular complexity index is 651. The number of phenolic OH excluding ortho intramolecular Hbond substituents is 1. The van der Waals surface area contributed by atoms with Crippen molar-refractivity contribution in [1.82, 2.24) is 15.2 Å². The molecular formula is C15H17N3O2S. The first kappa shape index (κ1) is 14.0. The third-order valence-corrected chi connectivity index (χ3v) is 4.66. The lowest BCUT2D eigenvalue weighted by atomic mass is 10.1. The summed E-state index contributed by atoms with van der Waals surface area (Å²) in [7, 11) is 1.78. The molecule has 0 unspecified atom stereocenters. The van der Waals surface area contributed by atoms with E-state index >= 15 is 0 Å². The van der Waals surface area contributed by atoms with Gasteiger partial charge in [-0.15, -0.1) is 11.3 Å². The van der Waals surface area contributed by atoms with Crippen LogP contribution in [0.4, 0.5) is 0 Å². The Kier molecular flexibility index (Phi) is 3.90. The quantitative estimate of drug-likeness (QED) is 0.904. The number of aromatic nitrogens is 1. The molecule has 2 N–H and O–H groups in total. The van der Waals surface area contributed by atoms with Gasteiger partial charge < -0.3 is 15.3 Å². The van der Waals surface area contributed by atoms with Crippen molar-refractivity contribution in [3.63, 3.8) is 0 Å². The molecule has 1 aromatic heterocycles. The number of likely N-dealkylation sites (N-methyl/N-ethyl adjacent to an activating group) is 1. The molecule has 1 amide bonds. The zero-order chi connectivity index (χ0) is 14.8. The van der Waals surface area contributed by atoms with Crippen molar-refractivity contribution in [1.29, 1.82) is 0 Å². The van der Waals surface area contributed by atoms with Crippen LogP contribution in [0.3, 0.4) is 0 Å². The molecule has 0 bridgehead atoms. The Morgan fingerprint density at radius 3 is 2.90 bits per heavy atom. The van der Waals surface area contributed by atoms with Gasteiger partial charge in [0.25, 0.3) is 0 Å². The number of carbonyl (C=O) groups excluding carboxylic acids is 1. The van der Waals surface area contributed by atoms with Crippen LogP contribution in [-0.4, -0.2) is 41.0 Å². The van der Waals surface area contributed by atoms with Crippen molar-refractivity contribution >= 4 is 17.2 Å². The maximum atomic E-state index is 11.9. The van der Waals surface area contributed by atoms with Crippen molar-refractivity contribution in [3.05, 3.63) is 34.8 Å². The average Bonchev–Trinajstić information content (AvgIpc) is 2.91. The van der Waals surface area contributed by atoms with Crippen LogP contribution in [-0.2, 0) is 17.8 Å². The number of rotatable bonds is 3. The van der Waals surface area contributed by atoms with Gasteiger partial charge in [-0.1, -0.05) is 0 Å². The lowest BCUT2D eigenvalue weighted by molar-refractivity contribution is -0.131. The molecule has 0 fully saturated rings. The molecule has 0 aliphatic carbocycles. The van der Waals surface area contributed by atoms with Crippen LogP contribution in [0.5, 0.6) is 5.75 Å². The van der Waals surface area contributed by atoms with Crippen LogP contribution in [0.1, 0.15) is 10.6 Å². The standard InChI is InChI=1S/C15H17N3O2S/c1-16-8-14(20)18-7-6-12-13(9-18)21-15(17-12)10-2-4-11(19)5-3-10/h2-5,16,19H,6-9H2,1H3. The molecular weight excluding hydrogens is 286 g/mol. The SMILES string of the molecule is CNCC(=O)N1CCc2nc(-c3ccc(O)cc3)sc2C1. The van der Waals surface area contributed by atoms with Crippen molar-refractivity contribution in [3.8, 4) is 16.3 Å². The molecule has 2 heterocycles. The van der Waals surface area contributed by atoms with E-state index in [0.29, 0.717) is 13.1 Å². The van der Waals surface area contributed by atoms with Crippen molar-refractivity contribution in [2.45, 2.75) is 13.0 Å². The Morgan fingerprint density at radius 2 is 2.19 bits per heavy atom. The molecule has 1 aromatic carbocycles. The summed E-state index contributed by atoms with van der Waals surface area (Å²) < 4.78 is 0. The predicted molar refractivity (Wildman–Crippen MR) is 82.3 cm³/mol. The van der Waals surface area contributed by atoms with E-state index in [1.807, 2.05) is 17.0 Å². The largest absolute Gasteiger partial charge is 0.508 e. The van der Waals surface area contributed by atoms with Crippen LogP contribution >= 0.6 is 11.3 Å². The van der Waals surface area contributed by atoms with Crippen molar-refractivity contribution in [2.75, 3.05) is 20.1 Å². The Hall–Kier alpha value is -1.92. The van der Waals surface area contributed by atoms with Crippen molar-refractivity contribution in [2.24, 2.45) is 0 Å². The molecule has 5 nitrogen and oxygen atoms in total. The number of amides is 1. The first-order valence-corrected chi connectivity index (χ1v) is 7.69. The number of hydrogen-bond donors (Lipinski definition) is 2. The maximum absolute atomic E-state index is 11.9. The Balaban J connectivity index is 1.81. The summed E-state index contributed by atoms with van der Waals surface area (Å²) in [5.74, 6) is 0.381. The molecule has 0 spiro atoms. The van der Waals surface area contributed by atoms with E-state index < -0.39 is 0 Å². The number of phenols is 1. The first-order chi connectivity index (χ1) is 10.2. The van der Waals surface area contributed by atoms with E-state index in [-0.39, 0.29) is 11.7 Å². The van der Waals surface area contributed by atoms with Crippen LogP contribution < -0.4 is 5.32 Å². The van der Waals surface area contributed by atoms with Gasteiger partial charge in [-0.05, 0) is 31.3 Å². The second-order valence-corrected chi connectivity index (χ2v) is 6.12. The summed E-state index contributed by atoms with van der Waals surface area (Å²) in [5.41, 5.74) is 2.09. The molecule has 0 atom stereocenters. The van der Waals surface area contributed by atoms with Gasteiger partial charge in [-0.3, -0.25) is 4.79 Å². The molecule has 21 heavy (non-hydrogen) atoms. The van der Waals surface area contributed by atoms with E-state index in [1.54, 1.807) is 30.5 Å². The third kappa shape index (κ3) is 2.91. The minimum Gasteiger partial charge on any atom is -0.508 e. The lowest BCUT2D eigenvalue weighted by Gasteiger charge is -2.26. The molecule has 3 rings (SSSR count). The number of benzene rings is 1. The molecule has 1 aliphatic rings. The maximum Gasteiger partial charge on any atom is 0.236 e. The second-order valence-electron chi connectivity index (χ2n) is 5.03. The summed E-state index contributed by atoms with van der Waals surface area (Å²) in [6, 6.07) is 7.06. The van der Waals surface area contributed by atoms with Gasteiger partial charge in [0.1, 0.15) is 10.8 Å². The lowest BCUT2D eigenvalue weighted by Crippen LogP contribution is -2.40. The van der Waals surface area contributed by atoms with Gasteiger partial charge in [-0.2, -0.15) is 0 Å². The number of hydrogen-bond acceptors (Lipinski definition) is 5. The smallest absolute Gasteiger partial charge is 0.236 e. The Morgan fingerprint density at radius 1 is 1.43 bits per heavy atom. The van der Waals surface area contributed by atoms with Crippen LogP contribution in [0.2, 0.25) is 0 Å². The van der Waals surface area contributed by atoms with Gasteiger partial charge in [0, 0.05) is 23.4 Å². The van der Waals surface area contributed by atoms with E-state index in [2.05, 4.69) is 10.3 Å². The van der Waals surface area contributed by atoms with Crippen LogP contribution in [0, 0.1) is 0 Å². The van der Waals surface area contributed by atoms with Gasteiger partial charge in [-0.25, -0.2) is 4.98 Å². The van der Waals surface area contributed by atoms with Crippen LogP contribution in [0.25, 0.3) is 10.6 Å². The minimum absolute atomic E-state index is 0.128.